The van der Waals surface area contributed by atoms with Gasteiger partial charge in [0.2, 0.25) is 0 Å². The molecule has 2 N–H and O–H groups in total. The summed E-state index contributed by atoms with van der Waals surface area (Å²) in [5.74, 6) is 1.05. The molecule has 0 bridgehead atoms. The highest BCUT2D eigenvalue weighted by Crippen LogP contribution is 2.33. The predicted molar refractivity (Wildman–Crippen MR) is 102 cm³/mol. The normalized spacial score (nSPS) is 18.3. The van der Waals surface area contributed by atoms with Gasteiger partial charge in [0.15, 0.2) is 5.65 Å². The second-order valence-electron chi connectivity index (χ2n) is 7.34. The lowest BCUT2D eigenvalue weighted by molar-refractivity contribution is -0.116. The fourth-order valence-electron chi connectivity index (χ4n) is 3.73. The Morgan fingerprint density at radius 1 is 1.41 bits per heavy atom. The molecule has 8 nitrogen and oxygen atoms in total. The zero-order valence-corrected chi connectivity index (χ0v) is 15.8. The number of piperidine rings is 1. The van der Waals surface area contributed by atoms with E-state index in [1.54, 1.807) is 17.5 Å². The maximum atomic E-state index is 12.0. The molecule has 0 spiro atoms. The first-order chi connectivity index (χ1) is 13.0. The van der Waals surface area contributed by atoms with E-state index >= 15 is 0 Å². The molecule has 1 amide bonds. The minimum absolute atomic E-state index is 0.0452. The number of aromatic amines is 1. The van der Waals surface area contributed by atoms with Gasteiger partial charge in [-0.05, 0) is 39.7 Å². The van der Waals surface area contributed by atoms with E-state index < -0.39 is 6.09 Å². The monoisotopic (exact) mass is 368 g/mol. The van der Waals surface area contributed by atoms with E-state index in [0.29, 0.717) is 6.54 Å². The van der Waals surface area contributed by atoms with E-state index in [0.717, 1.165) is 52.8 Å². The van der Waals surface area contributed by atoms with E-state index in [1.807, 2.05) is 26.8 Å². The summed E-state index contributed by atoms with van der Waals surface area (Å²) >= 11 is 0. The van der Waals surface area contributed by atoms with Gasteiger partial charge in [-0.25, -0.2) is 19.7 Å². The molecule has 4 heterocycles. The number of fused-ring (bicyclic) bond motifs is 3. The molecular weight excluding hydrogens is 344 g/mol. The Labute approximate surface area is 157 Å². The van der Waals surface area contributed by atoms with Crippen LogP contribution < -0.4 is 5.32 Å². The van der Waals surface area contributed by atoms with Gasteiger partial charge >= 0.3 is 6.09 Å². The van der Waals surface area contributed by atoms with Crippen LogP contribution in [0.5, 0.6) is 0 Å². The molecule has 1 saturated heterocycles. The van der Waals surface area contributed by atoms with Gasteiger partial charge in [-0.1, -0.05) is 0 Å². The van der Waals surface area contributed by atoms with Crippen molar-refractivity contribution in [1.82, 2.24) is 30.3 Å². The average molecular weight is 368 g/mol. The predicted octanol–water partition coefficient (Wildman–Crippen LogP) is 3.04. The molecule has 3 aromatic rings. The number of aryl methyl sites for hydroxylation is 1. The first kappa shape index (κ1) is 17.7. The molecule has 1 fully saturated rings. The third-order valence-electron chi connectivity index (χ3n) is 4.80. The number of hydrogen-bond donors (Lipinski definition) is 2. The van der Waals surface area contributed by atoms with Crippen molar-refractivity contribution in [2.24, 2.45) is 0 Å². The minimum Gasteiger partial charge on any atom is -0.351 e. The quantitative estimate of drug-likeness (QED) is 0.738. The number of nitrogens with one attached hydrogen (secondary N) is 2. The zero-order valence-electron chi connectivity index (χ0n) is 15.8. The molecule has 0 aliphatic carbocycles. The van der Waals surface area contributed by atoms with Crippen molar-refractivity contribution in [2.45, 2.75) is 45.6 Å². The van der Waals surface area contributed by atoms with E-state index in [4.69, 9.17) is 4.84 Å². The van der Waals surface area contributed by atoms with Crippen molar-refractivity contribution in [3.05, 3.63) is 30.0 Å². The molecule has 3 aromatic heterocycles. The van der Waals surface area contributed by atoms with Crippen LogP contribution in [0.4, 0.5) is 4.79 Å². The highest BCUT2D eigenvalue weighted by molar-refractivity contribution is 6.04. The SMILES string of the molecule is Cc1nc2cnc3nccc3c2c(C2CCCN(OC(=O)NC(C)C)C2)[nH]1. The Morgan fingerprint density at radius 2 is 2.26 bits per heavy atom. The number of hydrogen-bond acceptors (Lipinski definition) is 6. The van der Waals surface area contributed by atoms with Crippen LogP contribution in [0.3, 0.4) is 0 Å². The van der Waals surface area contributed by atoms with Crippen molar-refractivity contribution in [1.29, 1.82) is 0 Å². The lowest BCUT2D eigenvalue weighted by atomic mass is 9.92. The first-order valence-electron chi connectivity index (χ1n) is 9.34. The van der Waals surface area contributed by atoms with Gasteiger partial charge in [0.25, 0.3) is 0 Å². The fourth-order valence-corrected chi connectivity index (χ4v) is 3.73. The number of carbonyl (C=O) groups excluding carboxylic acids is 1. The molecule has 142 valence electrons. The van der Waals surface area contributed by atoms with Crippen molar-refractivity contribution in [2.75, 3.05) is 13.1 Å². The standard InChI is InChI=1S/C19H24N6O2/c1-11(2)22-19(26)27-25-8-4-5-13(10-25)17-16-14-6-7-20-18(14)21-9-15(16)23-12(3)24-17/h6-7,9,11,13H,4-5,8,10H2,1-3H3,(H,22,26)(H,23,24). The molecule has 1 atom stereocenters. The van der Waals surface area contributed by atoms with E-state index in [-0.39, 0.29) is 12.0 Å². The average Bonchev–Trinajstić information content (AvgIpc) is 3.09. The Hall–Kier alpha value is -2.74. The summed E-state index contributed by atoms with van der Waals surface area (Å²) in [4.78, 5) is 34.2. The van der Waals surface area contributed by atoms with Gasteiger partial charge in [0, 0.05) is 47.7 Å². The maximum Gasteiger partial charge on any atom is 0.426 e. The number of pyridine rings is 1. The van der Waals surface area contributed by atoms with Crippen LogP contribution in [0.25, 0.3) is 21.9 Å². The van der Waals surface area contributed by atoms with Crippen LogP contribution in [0.15, 0.2) is 18.5 Å². The van der Waals surface area contributed by atoms with Crippen LogP contribution in [0, 0.1) is 6.92 Å². The summed E-state index contributed by atoms with van der Waals surface area (Å²) in [7, 11) is 0. The number of amides is 1. The second-order valence-corrected chi connectivity index (χ2v) is 7.34. The second kappa shape index (κ2) is 7.11. The van der Waals surface area contributed by atoms with Crippen molar-refractivity contribution >= 4 is 28.0 Å². The van der Waals surface area contributed by atoms with Crippen LogP contribution in [0.1, 0.15) is 44.1 Å². The zero-order chi connectivity index (χ0) is 19.0. The van der Waals surface area contributed by atoms with Gasteiger partial charge in [0.05, 0.1) is 11.7 Å². The summed E-state index contributed by atoms with van der Waals surface area (Å²) in [6, 6.07) is 2.02. The molecule has 1 unspecified atom stereocenters. The molecule has 1 aliphatic rings. The third kappa shape index (κ3) is 3.57. The number of carbonyl (C=O) groups is 1. The Bertz CT molecular complexity index is 983. The maximum absolute atomic E-state index is 12.0. The lowest BCUT2D eigenvalue weighted by Crippen LogP contribution is -2.41. The topological polar surface area (TPSA) is 96.0 Å². The number of nitrogens with zero attached hydrogens (tertiary/aromatic N) is 4. The smallest absolute Gasteiger partial charge is 0.351 e. The molecule has 0 aromatic carbocycles. The van der Waals surface area contributed by atoms with Crippen LogP contribution in [-0.4, -0.2) is 50.2 Å². The molecule has 8 heteroatoms. The number of aromatic nitrogens is 4. The van der Waals surface area contributed by atoms with E-state index in [1.165, 1.54) is 0 Å². The summed E-state index contributed by atoms with van der Waals surface area (Å²) in [6.45, 7) is 7.14. The Kier molecular flexibility index (Phi) is 4.65. The summed E-state index contributed by atoms with van der Waals surface area (Å²) in [5.41, 5.74) is 2.69. The van der Waals surface area contributed by atoms with Gasteiger partial charge < -0.3 is 15.1 Å². The van der Waals surface area contributed by atoms with Gasteiger partial charge in [-0.3, -0.25) is 0 Å². The molecule has 27 heavy (non-hydrogen) atoms. The molecular formula is C19H24N6O2. The van der Waals surface area contributed by atoms with Crippen molar-refractivity contribution in [3.8, 4) is 0 Å². The Morgan fingerprint density at radius 3 is 3.07 bits per heavy atom. The number of H-pyrrole nitrogens is 1. The Balaban J connectivity index is 1.67. The summed E-state index contributed by atoms with van der Waals surface area (Å²) in [5, 5.41) is 6.58. The fraction of sp³-hybridized carbons (Fsp3) is 0.474. The van der Waals surface area contributed by atoms with E-state index in [9.17, 15) is 4.79 Å². The molecule has 0 radical (unpaired) electrons. The largest absolute Gasteiger partial charge is 0.426 e. The van der Waals surface area contributed by atoms with Gasteiger partial charge in [-0.15, -0.1) is 5.06 Å². The summed E-state index contributed by atoms with van der Waals surface area (Å²) in [6.07, 6.45) is 5.11. The highest BCUT2D eigenvalue weighted by atomic mass is 16.7. The number of hydroxylamine groups is 2. The highest BCUT2D eigenvalue weighted by Gasteiger charge is 2.27. The van der Waals surface area contributed by atoms with Crippen LogP contribution in [0.2, 0.25) is 0 Å². The third-order valence-corrected chi connectivity index (χ3v) is 4.80. The van der Waals surface area contributed by atoms with Gasteiger partial charge in [0.1, 0.15) is 5.82 Å². The number of rotatable bonds is 3. The molecule has 0 saturated carbocycles. The lowest BCUT2D eigenvalue weighted by Gasteiger charge is -2.32. The molecule has 4 rings (SSSR count). The molecule has 1 aliphatic heterocycles. The van der Waals surface area contributed by atoms with Crippen LogP contribution in [-0.2, 0) is 4.84 Å². The van der Waals surface area contributed by atoms with Gasteiger partial charge in [-0.2, -0.15) is 0 Å². The minimum atomic E-state index is -0.405. The summed E-state index contributed by atoms with van der Waals surface area (Å²) < 4.78 is 0. The van der Waals surface area contributed by atoms with E-state index in [2.05, 4.69) is 25.3 Å². The van der Waals surface area contributed by atoms with Crippen molar-refractivity contribution in [3.63, 3.8) is 0 Å². The van der Waals surface area contributed by atoms with Crippen LogP contribution >= 0.6 is 0 Å². The first-order valence-corrected chi connectivity index (χ1v) is 9.34. The van der Waals surface area contributed by atoms with Crippen molar-refractivity contribution < 1.29 is 9.63 Å².